The van der Waals surface area contributed by atoms with E-state index in [-0.39, 0.29) is 18.1 Å². The van der Waals surface area contributed by atoms with E-state index in [2.05, 4.69) is 15.9 Å². The van der Waals surface area contributed by atoms with Crippen LogP contribution < -0.4 is 0 Å². The summed E-state index contributed by atoms with van der Waals surface area (Å²) in [6.45, 7) is 3.28. The van der Waals surface area contributed by atoms with Crippen LogP contribution >= 0.6 is 27.7 Å². The Balaban J connectivity index is 2.12. The zero-order chi connectivity index (χ0) is 13.8. The lowest BCUT2D eigenvalue weighted by Crippen LogP contribution is -2.51. The maximum atomic E-state index is 12.5. The number of nitrogens with zero attached hydrogens (tertiary/aromatic N) is 1. The fourth-order valence-electron chi connectivity index (χ4n) is 2.09. The van der Waals surface area contributed by atoms with Crippen molar-refractivity contribution in [1.82, 2.24) is 4.90 Å². The minimum absolute atomic E-state index is 0.0885. The smallest absolute Gasteiger partial charge is 0.254 e. The van der Waals surface area contributed by atoms with Gasteiger partial charge < -0.3 is 9.64 Å². The Hall–Kier alpha value is -0.520. The molecule has 1 amide bonds. The number of hydrogen-bond acceptors (Lipinski definition) is 3. The van der Waals surface area contributed by atoms with Crippen molar-refractivity contribution in [2.24, 2.45) is 0 Å². The number of carbonyl (C=O) groups excluding carboxylic acids is 1. The maximum absolute atomic E-state index is 12.5. The number of ether oxygens (including phenoxy) is 1. The zero-order valence-corrected chi connectivity index (χ0v) is 13.5. The SMILES string of the molecule is CSc1ccc(C(=O)N2CC(CBr)OCC2C)cc1. The molecule has 5 heteroatoms. The summed E-state index contributed by atoms with van der Waals surface area (Å²) in [5.41, 5.74) is 0.750. The lowest BCUT2D eigenvalue weighted by atomic mass is 10.1. The second-order valence-corrected chi connectivity index (χ2v) is 6.17. The van der Waals surface area contributed by atoms with E-state index in [1.807, 2.05) is 42.3 Å². The van der Waals surface area contributed by atoms with Crippen LogP contribution in [-0.4, -0.2) is 47.7 Å². The van der Waals surface area contributed by atoms with Crippen molar-refractivity contribution in [2.75, 3.05) is 24.7 Å². The molecule has 1 aliphatic rings. The Morgan fingerprint density at radius 1 is 1.47 bits per heavy atom. The molecule has 1 heterocycles. The second-order valence-electron chi connectivity index (χ2n) is 4.64. The van der Waals surface area contributed by atoms with Crippen molar-refractivity contribution in [3.05, 3.63) is 29.8 Å². The normalized spacial score (nSPS) is 23.4. The van der Waals surface area contributed by atoms with Crippen molar-refractivity contribution < 1.29 is 9.53 Å². The van der Waals surface area contributed by atoms with E-state index < -0.39 is 0 Å². The molecule has 1 fully saturated rings. The molecule has 1 aliphatic heterocycles. The fourth-order valence-corrected chi connectivity index (χ4v) is 2.89. The molecule has 1 aromatic rings. The molecule has 2 unspecified atom stereocenters. The van der Waals surface area contributed by atoms with Crippen molar-refractivity contribution in [2.45, 2.75) is 24.0 Å². The van der Waals surface area contributed by atoms with Crippen LogP contribution in [0.5, 0.6) is 0 Å². The first kappa shape index (κ1) is 14.9. The van der Waals surface area contributed by atoms with Crippen molar-refractivity contribution in [3.8, 4) is 0 Å². The van der Waals surface area contributed by atoms with E-state index in [4.69, 9.17) is 4.74 Å². The van der Waals surface area contributed by atoms with Gasteiger partial charge in [-0.05, 0) is 37.4 Å². The van der Waals surface area contributed by atoms with Crippen LogP contribution in [0.1, 0.15) is 17.3 Å². The quantitative estimate of drug-likeness (QED) is 0.624. The minimum atomic E-state index is 0.0885. The Bertz CT molecular complexity index is 438. The highest BCUT2D eigenvalue weighted by Crippen LogP contribution is 2.19. The number of thioether (sulfide) groups is 1. The van der Waals surface area contributed by atoms with E-state index in [1.54, 1.807) is 11.8 Å². The monoisotopic (exact) mass is 343 g/mol. The molecule has 0 spiro atoms. The predicted octanol–water partition coefficient (Wildman–Crippen LogP) is 3.03. The second kappa shape index (κ2) is 6.77. The van der Waals surface area contributed by atoms with Gasteiger partial charge in [-0.1, -0.05) is 15.9 Å². The molecule has 19 heavy (non-hydrogen) atoms. The fraction of sp³-hybridized carbons (Fsp3) is 0.500. The number of morpholine rings is 1. The molecule has 0 aliphatic carbocycles. The molecule has 0 bridgehead atoms. The van der Waals surface area contributed by atoms with Gasteiger partial charge in [-0.3, -0.25) is 4.79 Å². The van der Waals surface area contributed by atoms with E-state index in [9.17, 15) is 4.79 Å². The number of halogens is 1. The highest BCUT2D eigenvalue weighted by molar-refractivity contribution is 9.09. The Morgan fingerprint density at radius 3 is 2.74 bits per heavy atom. The van der Waals surface area contributed by atoms with E-state index in [0.29, 0.717) is 13.2 Å². The summed E-state index contributed by atoms with van der Waals surface area (Å²) in [5, 5.41) is 0.759. The number of rotatable bonds is 3. The lowest BCUT2D eigenvalue weighted by Gasteiger charge is -2.37. The van der Waals surface area contributed by atoms with Crippen LogP contribution in [0.3, 0.4) is 0 Å². The summed E-state index contributed by atoms with van der Waals surface area (Å²) < 4.78 is 5.65. The Kier molecular flexibility index (Phi) is 5.30. The highest BCUT2D eigenvalue weighted by Gasteiger charge is 2.29. The van der Waals surface area contributed by atoms with Crippen LogP contribution in [0.2, 0.25) is 0 Å². The van der Waals surface area contributed by atoms with Gasteiger partial charge in [0.15, 0.2) is 0 Å². The van der Waals surface area contributed by atoms with Gasteiger partial charge in [-0.2, -0.15) is 0 Å². The molecule has 2 atom stereocenters. The molecule has 2 rings (SSSR count). The molecule has 0 aromatic heterocycles. The van der Waals surface area contributed by atoms with Crippen LogP contribution in [0.25, 0.3) is 0 Å². The van der Waals surface area contributed by atoms with E-state index in [0.717, 1.165) is 10.9 Å². The summed E-state index contributed by atoms with van der Waals surface area (Å²) >= 11 is 5.10. The highest BCUT2D eigenvalue weighted by atomic mass is 79.9. The maximum Gasteiger partial charge on any atom is 0.254 e. The van der Waals surface area contributed by atoms with Gasteiger partial charge in [0.25, 0.3) is 5.91 Å². The third-order valence-electron chi connectivity index (χ3n) is 3.28. The average Bonchev–Trinajstić information content (AvgIpc) is 2.47. The van der Waals surface area contributed by atoms with Crippen molar-refractivity contribution in [3.63, 3.8) is 0 Å². The van der Waals surface area contributed by atoms with Gasteiger partial charge in [0, 0.05) is 22.3 Å². The topological polar surface area (TPSA) is 29.5 Å². The molecule has 3 nitrogen and oxygen atoms in total. The third-order valence-corrected chi connectivity index (χ3v) is 4.74. The van der Waals surface area contributed by atoms with Crippen molar-refractivity contribution >= 4 is 33.6 Å². The zero-order valence-electron chi connectivity index (χ0n) is 11.1. The number of benzene rings is 1. The number of alkyl halides is 1. The molecule has 0 radical (unpaired) electrons. The van der Waals surface area contributed by atoms with E-state index in [1.165, 1.54) is 4.90 Å². The van der Waals surface area contributed by atoms with Crippen LogP contribution in [-0.2, 0) is 4.74 Å². The molecule has 104 valence electrons. The largest absolute Gasteiger partial charge is 0.373 e. The van der Waals surface area contributed by atoms with Crippen molar-refractivity contribution in [1.29, 1.82) is 0 Å². The minimum Gasteiger partial charge on any atom is -0.373 e. The summed E-state index contributed by atoms with van der Waals surface area (Å²) in [6, 6.07) is 7.91. The van der Waals surface area contributed by atoms with Crippen LogP contribution in [0.15, 0.2) is 29.2 Å². The van der Waals surface area contributed by atoms with Gasteiger partial charge in [0.1, 0.15) is 0 Å². The van der Waals surface area contributed by atoms with E-state index >= 15 is 0 Å². The standard InChI is InChI=1S/C14H18BrNO2S/c1-10-9-18-12(7-15)8-16(10)14(17)11-3-5-13(19-2)6-4-11/h3-6,10,12H,7-9H2,1-2H3. The molecular formula is C14H18BrNO2S. The molecule has 0 N–H and O–H groups in total. The van der Waals surface area contributed by atoms with Gasteiger partial charge in [0.2, 0.25) is 0 Å². The molecular weight excluding hydrogens is 326 g/mol. The summed E-state index contributed by atoms with van der Waals surface area (Å²) in [7, 11) is 0. The molecule has 1 aromatic carbocycles. The summed E-state index contributed by atoms with van der Waals surface area (Å²) in [5.74, 6) is 0.0920. The predicted molar refractivity (Wildman–Crippen MR) is 82.3 cm³/mol. The first-order valence-corrected chi connectivity index (χ1v) is 8.63. The first-order chi connectivity index (χ1) is 9.15. The summed E-state index contributed by atoms with van der Waals surface area (Å²) in [4.78, 5) is 15.6. The number of hydrogen-bond donors (Lipinski definition) is 0. The first-order valence-electron chi connectivity index (χ1n) is 6.28. The number of carbonyl (C=O) groups is 1. The van der Waals surface area contributed by atoms with Crippen LogP contribution in [0, 0.1) is 0 Å². The molecule has 1 saturated heterocycles. The van der Waals surface area contributed by atoms with Gasteiger partial charge >= 0.3 is 0 Å². The Labute approximate surface area is 126 Å². The van der Waals surface area contributed by atoms with Gasteiger partial charge in [-0.15, -0.1) is 11.8 Å². The summed E-state index contributed by atoms with van der Waals surface area (Å²) in [6.07, 6.45) is 2.12. The molecule has 0 saturated carbocycles. The van der Waals surface area contributed by atoms with Gasteiger partial charge in [0.05, 0.1) is 18.8 Å². The van der Waals surface area contributed by atoms with Crippen LogP contribution in [0.4, 0.5) is 0 Å². The Morgan fingerprint density at radius 2 is 2.16 bits per heavy atom. The van der Waals surface area contributed by atoms with Gasteiger partial charge in [-0.25, -0.2) is 0 Å². The lowest BCUT2D eigenvalue weighted by molar-refractivity contribution is -0.0361. The number of amides is 1. The average molecular weight is 344 g/mol. The third kappa shape index (κ3) is 3.52.